The molecule has 2 rings (SSSR count). The highest BCUT2D eigenvalue weighted by molar-refractivity contribution is 5.78. The Morgan fingerprint density at radius 3 is 2.81 bits per heavy atom. The number of likely N-dealkylation sites (tertiary alicyclic amines) is 1. The molecule has 0 radical (unpaired) electrons. The third kappa shape index (κ3) is 3.83. The third-order valence-electron chi connectivity index (χ3n) is 3.78. The second-order valence-electron chi connectivity index (χ2n) is 5.52. The van der Waals surface area contributed by atoms with Gasteiger partial charge in [0, 0.05) is 18.8 Å². The van der Waals surface area contributed by atoms with Gasteiger partial charge in [-0.3, -0.25) is 14.3 Å². The van der Waals surface area contributed by atoms with Crippen LogP contribution in [0.15, 0.2) is 6.07 Å². The van der Waals surface area contributed by atoms with Crippen LogP contribution < -0.4 is 0 Å². The highest BCUT2D eigenvalue weighted by atomic mass is 16.5. The van der Waals surface area contributed by atoms with Crippen LogP contribution in [-0.2, 0) is 20.9 Å². The van der Waals surface area contributed by atoms with Crippen LogP contribution in [0.3, 0.4) is 0 Å². The molecule has 1 atom stereocenters. The standard InChI is InChI=1S/C15H23N3O3/c1-4-21-15(20)13-6-5-7-17(9-13)14(19)10-18-12(3)8-11(2)16-18/h8,13H,4-7,9-10H2,1-3H3. The fourth-order valence-electron chi connectivity index (χ4n) is 2.72. The number of aryl methyl sites for hydroxylation is 2. The Hall–Kier alpha value is -1.85. The van der Waals surface area contributed by atoms with Gasteiger partial charge >= 0.3 is 5.97 Å². The van der Waals surface area contributed by atoms with E-state index in [0.717, 1.165) is 24.2 Å². The SMILES string of the molecule is CCOC(=O)C1CCCN(C(=O)Cn2nc(C)cc2C)C1. The largest absolute Gasteiger partial charge is 0.466 e. The van der Waals surface area contributed by atoms with E-state index in [1.165, 1.54) is 0 Å². The van der Waals surface area contributed by atoms with Gasteiger partial charge in [-0.1, -0.05) is 0 Å². The summed E-state index contributed by atoms with van der Waals surface area (Å²) >= 11 is 0. The Balaban J connectivity index is 1.96. The van der Waals surface area contributed by atoms with Gasteiger partial charge in [-0.2, -0.15) is 5.10 Å². The van der Waals surface area contributed by atoms with Crippen LogP contribution in [0.1, 0.15) is 31.2 Å². The lowest BCUT2D eigenvalue weighted by Gasteiger charge is -2.31. The van der Waals surface area contributed by atoms with Gasteiger partial charge in [0.05, 0.1) is 18.2 Å². The van der Waals surface area contributed by atoms with Crippen LogP contribution in [-0.4, -0.2) is 46.3 Å². The molecule has 116 valence electrons. The molecule has 0 aliphatic carbocycles. The highest BCUT2D eigenvalue weighted by Gasteiger charge is 2.29. The molecule has 6 nitrogen and oxygen atoms in total. The number of aromatic nitrogens is 2. The van der Waals surface area contributed by atoms with Gasteiger partial charge in [0.15, 0.2) is 0 Å². The Bertz CT molecular complexity index is 524. The molecule has 0 saturated carbocycles. The number of carbonyl (C=O) groups is 2. The van der Waals surface area contributed by atoms with Crippen molar-refractivity contribution >= 4 is 11.9 Å². The van der Waals surface area contributed by atoms with Crippen LogP contribution in [0.25, 0.3) is 0 Å². The Morgan fingerprint density at radius 1 is 1.43 bits per heavy atom. The first-order valence-electron chi connectivity index (χ1n) is 7.46. The quantitative estimate of drug-likeness (QED) is 0.785. The first-order valence-corrected chi connectivity index (χ1v) is 7.46. The third-order valence-corrected chi connectivity index (χ3v) is 3.78. The lowest BCUT2D eigenvalue weighted by molar-refractivity contribution is -0.151. The topological polar surface area (TPSA) is 64.4 Å². The smallest absolute Gasteiger partial charge is 0.310 e. The number of piperidine rings is 1. The summed E-state index contributed by atoms with van der Waals surface area (Å²) < 4.78 is 6.77. The summed E-state index contributed by atoms with van der Waals surface area (Å²) in [5, 5.41) is 4.31. The molecule has 0 aromatic carbocycles. The van der Waals surface area contributed by atoms with Crippen molar-refractivity contribution in [2.24, 2.45) is 5.92 Å². The molecular formula is C15H23N3O3. The van der Waals surface area contributed by atoms with Gasteiger partial charge in [0.1, 0.15) is 6.54 Å². The Labute approximate surface area is 125 Å². The normalized spacial score (nSPS) is 18.6. The van der Waals surface area contributed by atoms with Gasteiger partial charge in [-0.05, 0) is 39.7 Å². The van der Waals surface area contributed by atoms with Crippen molar-refractivity contribution in [2.45, 2.75) is 40.2 Å². The number of hydrogen-bond acceptors (Lipinski definition) is 4. The average molecular weight is 293 g/mol. The summed E-state index contributed by atoms with van der Waals surface area (Å²) in [5.41, 5.74) is 1.88. The minimum Gasteiger partial charge on any atom is -0.466 e. The minimum atomic E-state index is -0.193. The van der Waals surface area contributed by atoms with E-state index >= 15 is 0 Å². The minimum absolute atomic E-state index is 0.00944. The molecular weight excluding hydrogens is 270 g/mol. The molecule has 1 aromatic heterocycles. The van der Waals surface area contributed by atoms with Gasteiger partial charge in [-0.25, -0.2) is 0 Å². The van der Waals surface area contributed by atoms with Crippen molar-refractivity contribution in [2.75, 3.05) is 19.7 Å². The van der Waals surface area contributed by atoms with Gasteiger partial charge in [0.2, 0.25) is 5.91 Å². The van der Waals surface area contributed by atoms with E-state index in [4.69, 9.17) is 4.74 Å². The second kappa shape index (κ2) is 6.74. The molecule has 6 heteroatoms. The summed E-state index contributed by atoms with van der Waals surface area (Å²) in [6, 6.07) is 1.95. The van der Waals surface area contributed by atoms with E-state index in [0.29, 0.717) is 19.7 Å². The fraction of sp³-hybridized carbons (Fsp3) is 0.667. The number of esters is 1. The first kappa shape index (κ1) is 15.5. The number of ether oxygens (including phenoxy) is 1. The molecule has 1 aromatic rings. The molecule has 2 heterocycles. The molecule has 1 fully saturated rings. The van der Waals surface area contributed by atoms with Crippen LogP contribution >= 0.6 is 0 Å². The van der Waals surface area contributed by atoms with Crippen molar-refractivity contribution in [3.8, 4) is 0 Å². The number of hydrogen-bond donors (Lipinski definition) is 0. The summed E-state index contributed by atoms with van der Waals surface area (Å²) in [7, 11) is 0. The van der Waals surface area contributed by atoms with E-state index < -0.39 is 0 Å². The molecule has 0 bridgehead atoms. The van der Waals surface area contributed by atoms with Crippen molar-refractivity contribution in [1.29, 1.82) is 0 Å². The summed E-state index contributed by atoms with van der Waals surface area (Å²) in [6.07, 6.45) is 1.63. The van der Waals surface area contributed by atoms with Gasteiger partial charge in [0.25, 0.3) is 0 Å². The molecule has 1 saturated heterocycles. The van der Waals surface area contributed by atoms with Crippen LogP contribution in [0, 0.1) is 19.8 Å². The maximum absolute atomic E-state index is 12.4. The molecule has 1 unspecified atom stereocenters. The number of carbonyl (C=O) groups excluding carboxylic acids is 2. The number of amides is 1. The van der Waals surface area contributed by atoms with Crippen LogP contribution in [0.4, 0.5) is 0 Å². The number of nitrogens with zero attached hydrogens (tertiary/aromatic N) is 3. The molecule has 0 N–H and O–H groups in total. The Kier molecular flexibility index (Phi) is 4.98. The maximum atomic E-state index is 12.4. The molecule has 0 spiro atoms. The fourth-order valence-corrected chi connectivity index (χ4v) is 2.72. The second-order valence-corrected chi connectivity index (χ2v) is 5.52. The number of rotatable bonds is 4. The van der Waals surface area contributed by atoms with Crippen molar-refractivity contribution in [1.82, 2.24) is 14.7 Å². The maximum Gasteiger partial charge on any atom is 0.310 e. The Morgan fingerprint density at radius 2 is 2.19 bits per heavy atom. The van der Waals surface area contributed by atoms with Gasteiger partial charge < -0.3 is 9.64 Å². The lowest BCUT2D eigenvalue weighted by atomic mass is 9.98. The molecule has 21 heavy (non-hydrogen) atoms. The molecule has 1 aliphatic heterocycles. The van der Waals surface area contributed by atoms with Crippen molar-refractivity contribution in [3.63, 3.8) is 0 Å². The highest BCUT2D eigenvalue weighted by Crippen LogP contribution is 2.18. The molecule has 1 amide bonds. The van der Waals surface area contributed by atoms with E-state index in [-0.39, 0.29) is 24.3 Å². The van der Waals surface area contributed by atoms with Crippen molar-refractivity contribution in [3.05, 3.63) is 17.5 Å². The monoisotopic (exact) mass is 293 g/mol. The lowest BCUT2D eigenvalue weighted by Crippen LogP contribution is -2.44. The van der Waals surface area contributed by atoms with E-state index in [9.17, 15) is 9.59 Å². The van der Waals surface area contributed by atoms with Gasteiger partial charge in [-0.15, -0.1) is 0 Å². The zero-order valence-electron chi connectivity index (χ0n) is 13.0. The zero-order chi connectivity index (χ0) is 15.4. The molecule has 1 aliphatic rings. The summed E-state index contributed by atoms with van der Waals surface area (Å²) in [6.45, 7) is 7.41. The predicted octanol–water partition coefficient (Wildman–Crippen LogP) is 1.30. The summed E-state index contributed by atoms with van der Waals surface area (Å²) in [4.78, 5) is 25.9. The predicted molar refractivity (Wildman–Crippen MR) is 77.6 cm³/mol. The van der Waals surface area contributed by atoms with Crippen molar-refractivity contribution < 1.29 is 14.3 Å². The average Bonchev–Trinajstić information content (AvgIpc) is 2.77. The summed E-state index contributed by atoms with van der Waals surface area (Å²) in [5.74, 6) is -0.376. The first-order chi connectivity index (χ1) is 10.0. The zero-order valence-corrected chi connectivity index (χ0v) is 13.0. The van der Waals surface area contributed by atoms with Crippen LogP contribution in [0.2, 0.25) is 0 Å². The van der Waals surface area contributed by atoms with Crippen LogP contribution in [0.5, 0.6) is 0 Å². The van der Waals surface area contributed by atoms with E-state index in [2.05, 4.69) is 5.10 Å². The van der Waals surface area contributed by atoms with E-state index in [1.807, 2.05) is 19.9 Å². The van der Waals surface area contributed by atoms with E-state index in [1.54, 1.807) is 16.5 Å².